The van der Waals surface area contributed by atoms with Gasteiger partial charge in [0.05, 0.1) is 0 Å². The average molecular weight is 223 g/mol. The molecule has 2 unspecified atom stereocenters. The second-order valence-corrected chi connectivity index (χ2v) is 5.74. The van der Waals surface area contributed by atoms with E-state index in [0.717, 1.165) is 18.1 Å². The average Bonchev–Trinajstić information content (AvgIpc) is 2.77. The fraction of sp³-hybridized carbons (Fsp3) is 1.00. The second kappa shape index (κ2) is 5.03. The molecule has 16 heavy (non-hydrogen) atoms. The van der Waals surface area contributed by atoms with Gasteiger partial charge in [-0.2, -0.15) is 0 Å². The summed E-state index contributed by atoms with van der Waals surface area (Å²) < 4.78 is 0. The van der Waals surface area contributed by atoms with Crippen molar-refractivity contribution in [1.29, 1.82) is 0 Å². The maximum absolute atomic E-state index is 3.90. The van der Waals surface area contributed by atoms with E-state index in [1.165, 1.54) is 64.7 Å². The number of fused-ring (bicyclic) bond motifs is 1. The van der Waals surface area contributed by atoms with Crippen LogP contribution in [-0.2, 0) is 0 Å². The third-order valence-corrected chi connectivity index (χ3v) is 4.63. The van der Waals surface area contributed by atoms with Gasteiger partial charge in [0.15, 0.2) is 0 Å². The van der Waals surface area contributed by atoms with Crippen molar-refractivity contribution in [1.82, 2.24) is 15.5 Å². The number of hydrogen-bond acceptors (Lipinski definition) is 3. The largest absolute Gasteiger partial charge is 0.317 e. The van der Waals surface area contributed by atoms with Crippen LogP contribution in [0.5, 0.6) is 0 Å². The topological polar surface area (TPSA) is 27.3 Å². The fourth-order valence-electron chi connectivity index (χ4n) is 3.70. The lowest BCUT2D eigenvalue weighted by molar-refractivity contribution is 0.156. The Balaban J connectivity index is 1.48. The van der Waals surface area contributed by atoms with Crippen LogP contribution >= 0.6 is 0 Å². The third kappa shape index (κ3) is 2.41. The van der Waals surface area contributed by atoms with Gasteiger partial charge < -0.3 is 15.5 Å². The molecule has 2 atom stereocenters. The lowest BCUT2D eigenvalue weighted by atomic mass is 9.95. The molecule has 0 aromatic rings. The van der Waals surface area contributed by atoms with Gasteiger partial charge in [-0.05, 0) is 64.7 Å². The first-order valence-corrected chi connectivity index (χ1v) is 7.12. The first-order chi connectivity index (χ1) is 7.92. The predicted molar refractivity (Wildman–Crippen MR) is 66.6 cm³/mol. The Bertz CT molecular complexity index is 225. The molecule has 3 saturated heterocycles. The molecule has 0 radical (unpaired) electrons. The Hall–Kier alpha value is -0.120. The van der Waals surface area contributed by atoms with Crippen molar-refractivity contribution in [3.8, 4) is 0 Å². The van der Waals surface area contributed by atoms with Crippen LogP contribution in [0, 0.1) is 0 Å². The summed E-state index contributed by atoms with van der Waals surface area (Å²) in [4.78, 5) is 2.71. The smallest absolute Gasteiger partial charge is 0.0111 e. The maximum Gasteiger partial charge on any atom is 0.0111 e. The molecule has 0 aliphatic carbocycles. The zero-order chi connectivity index (χ0) is 10.8. The van der Waals surface area contributed by atoms with Crippen LogP contribution in [0.2, 0.25) is 0 Å². The number of nitrogens with one attached hydrogen (secondary N) is 2. The lowest BCUT2D eigenvalue weighted by Crippen LogP contribution is -2.50. The highest BCUT2D eigenvalue weighted by Crippen LogP contribution is 2.27. The molecule has 2 N–H and O–H groups in total. The van der Waals surface area contributed by atoms with Crippen LogP contribution in [0.4, 0.5) is 0 Å². The molecular weight excluding hydrogens is 198 g/mol. The van der Waals surface area contributed by atoms with Gasteiger partial charge >= 0.3 is 0 Å². The monoisotopic (exact) mass is 223 g/mol. The SMILES string of the molecule is C1CC2CC(NC3CCNCC3)CCN2C1. The molecule has 0 saturated carbocycles. The minimum Gasteiger partial charge on any atom is -0.317 e. The summed E-state index contributed by atoms with van der Waals surface area (Å²) in [5, 5.41) is 7.34. The summed E-state index contributed by atoms with van der Waals surface area (Å²) in [5.74, 6) is 0. The van der Waals surface area contributed by atoms with E-state index in [1.807, 2.05) is 0 Å². The van der Waals surface area contributed by atoms with Crippen molar-refractivity contribution in [2.45, 2.75) is 56.7 Å². The van der Waals surface area contributed by atoms with E-state index in [0.29, 0.717) is 0 Å². The Labute approximate surface area is 99.0 Å². The van der Waals surface area contributed by atoms with Gasteiger partial charge in [0.1, 0.15) is 0 Å². The van der Waals surface area contributed by atoms with E-state index in [2.05, 4.69) is 15.5 Å². The molecule has 92 valence electrons. The maximum atomic E-state index is 3.90. The van der Waals surface area contributed by atoms with Gasteiger partial charge in [0, 0.05) is 18.1 Å². The van der Waals surface area contributed by atoms with Crippen LogP contribution in [0.15, 0.2) is 0 Å². The summed E-state index contributed by atoms with van der Waals surface area (Å²) in [5.41, 5.74) is 0. The third-order valence-electron chi connectivity index (χ3n) is 4.63. The molecule has 3 heteroatoms. The highest BCUT2D eigenvalue weighted by atomic mass is 15.2. The van der Waals surface area contributed by atoms with Crippen LogP contribution in [0.25, 0.3) is 0 Å². The van der Waals surface area contributed by atoms with Crippen molar-refractivity contribution in [3.05, 3.63) is 0 Å². The molecule has 3 aliphatic rings. The molecule has 0 bridgehead atoms. The zero-order valence-corrected chi connectivity index (χ0v) is 10.3. The van der Waals surface area contributed by atoms with Crippen molar-refractivity contribution in [2.75, 3.05) is 26.2 Å². The fourth-order valence-corrected chi connectivity index (χ4v) is 3.70. The summed E-state index contributed by atoms with van der Waals surface area (Å²) in [7, 11) is 0. The minimum absolute atomic E-state index is 0.791. The van der Waals surface area contributed by atoms with E-state index >= 15 is 0 Å². The van der Waals surface area contributed by atoms with Gasteiger partial charge in [-0.15, -0.1) is 0 Å². The molecule has 3 aliphatic heterocycles. The Kier molecular flexibility index (Phi) is 3.46. The van der Waals surface area contributed by atoms with Gasteiger partial charge in [-0.25, -0.2) is 0 Å². The molecule has 3 fully saturated rings. The first kappa shape index (κ1) is 11.0. The van der Waals surface area contributed by atoms with E-state index < -0.39 is 0 Å². The molecule has 0 spiro atoms. The van der Waals surface area contributed by atoms with Gasteiger partial charge in [-0.3, -0.25) is 0 Å². The van der Waals surface area contributed by atoms with Crippen LogP contribution < -0.4 is 10.6 Å². The standard InChI is InChI=1S/C13H25N3/c1-2-13-10-12(5-9-16(13)8-1)15-11-3-6-14-7-4-11/h11-15H,1-10H2. The summed E-state index contributed by atoms with van der Waals surface area (Å²) in [6.07, 6.45) is 8.31. The number of nitrogens with zero attached hydrogens (tertiary/aromatic N) is 1. The zero-order valence-electron chi connectivity index (χ0n) is 10.3. The highest BCUT2D eigenvalue weighted by Gasteiger charge is 2.32. The quantitative estimate of drug-likeness (QED) is 0.730. The normalized spacial score (nSPS) is 37.5. The number of piperidine rings is 2. The predicted octanol–water partition coefficient (Wildman–Crippen LogP) is 0.955. The Morgan fingerprint density at radius 3 is 2.69 bits per heavy atom. The summed E-state index contributed by atoms with van der Waals surface area (Å²) >= 11 is 0. The van der Waals surface area contributed by atoms with Crippen LogP contribution in [0.3, 0.4) is 0 Å². The van der Waals surface area contributed by atoms with Crippen molar-refractivity contribution in [3.63, 3.8) is 0 Å². The Morgan fingerprint density at radius 1 is 0.938 bits per heavy atom. The second-order valence-electron chi connectivity index (χ2n) is 5.74. The van der Waals surface area contributed by atoms with Gasteiger partial charge in [0.25, 0.3) is 0 Å². The summed E-state index contributed by atoms with van der Waals surface area (Å²) in [6.45, 7) is 5.12. The number of rotatable bonds is 2. The minimum atomic E-state index is 0.791. The van der Waals surface area contributed by atoms with Gasteiger partial charge in [0.2, 0.25) is 0 Å². The first-order valence-electron chi connectivity index (χ1n) is 7.12. The van der Waals surface area contributed by atoms with E-state index in [4.69, 9.17) is 0 Å². The molecular formula is C13H25N3. The van der Waals surface area contributed by atoms with Crippen LogP contribution in [0.1, 0.15) is 38.5 Å². The van der Waals surface area contributed by atoms with E-state index in [9.17, 15) is 0 Å². The molecule has 3 nitrogen and oxygen atoms in total. The molecule has 0 aromatic carbocycles. The highest BCUT2D eigenvalue weighted by molar-refractivity contribution is 4.91. The molecule has 0 aromatic heterocycles. The molecule has 3 rings (SSSR count). The van der Waals surface area contributed by atoms with Gasteiger partial charge in [-0.1, -0.05) is 0 Å². The summed E-state index contributed by atoms with van der Waals surface area (Å²) in [6, 6.07) is 2.51. The van der Waals surface area contributed by atoms with Crippen LogP contribution in [-0.4, -0.2) is 49.2 Å². The molecule has 0 amide bonds. The molecule has 3 heterocycles. The van der Waals surface area contributed by atoms with Crippen molar-refractivity contribution >= 4 is 0 Å². The van der Waals surface area contributed by atoms with Crippen molar-refractivity contribution < 1.29 is 0 Å². The number of hydrogen-bond donors (Lipinski definition) is 2. The lowest BCUT2D eigenvalue weighted by Gasteiger charge is -2.38. The Morgan fingerprint density at radius 2 is 1.81 bits per heavy atom. The van der Waals surface area contributed by atoms with E-state index in [-0.39, 0.29) is 0 Å². The van der Waals surface area contributed by atoms with Crippen molar-refractivity contribution in [2.24, 2.45) is 0 Å². The van der Waals surface area contributed by atoms with E-state index in [1.54, 1.807) is 0 Å².